The molecule has 3 rings (SSSR count). The minimum atomic E-state index is -0.202. The topological polar surface area (TPSA) is 63.2 Å². The van der Waals surface area contributed by atoms with Crippen molar-refractivity contribution in [2.24, 2.45) is 0 Å². The monoisotopic (exact) mass is 381 g/mol. The number of hydrogen-bond donors (Lipinski definition) is 2. The first kappa shape index (κ1) is 18.7. The molecule has 0 aliphatic rings. The summed E-state index contributed by atoms with van der Waals surface area (Å²) in [5.41, 5.74) is 3.12. The number of benzene rings is 2. The molecule has 6 heteroatoms. The fourth-order valence-corrected chi connectivity index (χ4v) is 2.76. The average Bonchev–Trinajstić information content (AvgIpc) is 2.69. The van der Waals surface area contributed by atoms with E-state index in [0.29, 0.717) is 17.3 Å². The number of halogens is 1. The summed E-state index contributed by atoms with van der Waals surface area (Å²) in [6.45, 7) is 0.524. The van der Waals surface area contributed by atoms with Crippen molar-refractivity contribution in [1.82, 2.24) is 10.3 Å². The van der Waals surface area contributed by atoms with Crippen molar-refractivity contribution >= 4 is 28.9 Å². The molecular weight excluding hydrogens is 362 g/mol. The summed E-state index contributed by atoms with van der Waals surface area (Å²) in [5.74, 6) is 0.607. The molecule has 3 aromatic rings. The lowest BCUT2D eigenvalue weighted by Gasteiger charge is -2.08. The van der Waals surface area contributed by atoms with Gasteiger partial charge < -0.3 is 15.4 Å². The average molecular weight is 382 g/mol. The molecule has 0 spiro atoms. The van der Waals surface area contributed by atoms with Gasteiger partial charge in [-0.2, -0.15) is 0 Å². The number of methoxy groups -OCH3 is 1. The second-order valence-corrected chi connectivity index (χ2v) is 6.36. The number of carbonyl (C=O) groups is 1. The fourth-order valence-electron chi connectivity index (χ4n) is 2.57. The number of anilines is 2. The molecule has 1 amide bonds. The van der Waals surface area contributed by atoms with E-state index in [1.807, 2.05) is 54.6 Å². The highest BCUT2D eigenvalue weighted by atomic mass is 35.5. The zero-order valence-electron chi connectivity index (χ0n) is 14.9. The molecule has 0 bridgehead atoms. The maximum atomic E-state index is 12.2. The van der Waals surface area contributed by atoms with Crippen molar-refractivity contribution in [1.29, 1.82) is 0 Å². The lowest BCUT2D eigenvalue weighted by Crippen LogP contribution is -2.26. The molecule has 0 aliphatic heterocycles. The predicted octanol–water partition coefficient (Wildman–Crippen LogP) is 4.46. The lowest BCUT2D eigenvalue weighted by molar-refractivity contribution is 0.0949. The smallest absolute Gasteiger partial charge is 0.269 e. The Kier molecular flexibility index (Phi) is 6.28. The third-order valence-corrected chi connectivity index (χ3v) is 4.18. The maximum absolute atomic E-state index is 12.2. The van der Waals surface area contributed by atoms with Crippen molar-refractivity contribution < 1.29 is 9.53 Å². The normalized spacial score (nSPS) is 10.3. The van der Waals surface area contributed by atoms with Crippen molar-refractivity contribution in [2.75, 3.05) is 19.0 Å². The van der Waals surface area contributed by atoms with E-state index in [9.17, 15) is 4.79 Å². The molecular formula is C21H20ClN3O2. The molecule has 0 unspecified atom stereocenters. The Morgan fingerprint density at radius 1 is 1.07 bits per heavy atom. The van der Waals surface area contributed by atoms with Crippen LogP contribution in [0.25, 0.3) is 0 Å². The van der Waals surface area contributed by atoms with Gasteiger partial charge >= 0.3 is 0 Å². The van der Waals surface area contributed by atoms with Crippen LogP contribution in [0.3, 0.4) is 0 Å². The molecule has 1 heterocycles. The second-order valence-electron chi connectivity index (χ2n) is 5.92. The van der Waals surface area contributed by atoms with Crippen molar-refractivity contribution in [3.63, 3.8) is 0 Å². The zero-order valence-corrected chi connectivity index (χ0v) is 15.7. The molecule has 0 radical (unpaired) electrons. The van der Waals surface area contributed by atoms with Gasteiger partial charge in [0.15, 0.2) is 0 Å². The largest absolute Gasteiger partial charge is 0.497 e. The Labute approximate surface area is 163 Å². The van der Waals surface area contributed by atoms with Crippen LogP contribution in [0.2, 0.25) is 5.02 Å². The number of rotatable bonds is 7. The van der Waals surface area contributed by atoms with Crippen LogP contribution in [0, 0.1) is 0 Å². The second kappa shape index (κ2) is 9.05. The van der Waals surface area contributed by atoms with E-state index in [1.54, 1.807) is 19.4 Å². The van der Waals surface area contributed by atoms with Crippen LogP contribution in [0.4, 0.5) is 11.4 Å². The fraction of sp³-hybridized carbons (Fsp3) is 0.143. The van der Waals surface area contributed by atoms with E-state index in [0.717, 1.165) is 29.1 Å². The van der Waals surface area contributed by atoms with Crippen molar-refractivity contribution in [3.05, 3.63) is 83.1 Å². The van der Waals surface area contributed by atoms with Gasteiger partial charge in [0.25, 0.3) is 5.91 Å². The summed E-state index contributed by atoms with van der Waals surface area (Å²) in [5, 5.41) is 6.73. The molecule has 0 fully saturated rings. The number of nitrogens with one attached hydrogen (secondary N) is 2. The van der Waals surface area contributed by atoms with Crippen LogP contribution in [-0.4, -0.2) is 24.5 Å². The number of ether oxygens (including phenoxy) is 1. The molecule has 0 saturated heterocycles. The Bertz CT molecular complexity index is 913. The summed E-state index contributed by atoms with van der Waals surface area (Å²) >= 11 is 5.97. The van der Waals surface area contributed by atoms with Crippen molar-refractivity contribution in [2.45, 2.75) is 6.42 Å². The van der Waals surface area contributed by atoms with Gasteiger partial charge in [-0.25, -0.2) is 4.98 Å². The zero-order chi connectivity index (χ0) is 19.1. The van der Waals surface area contributed by atoms with Gasteiger partial charge in [-0.3, -0.25) is 4.79 Å². The first-order chi connectivity index (χ1) is 13.1. The third kappa shape index (κ3) is 5.46. The molecule has 5 nitrogen and oxygen atoms in total. The highest BCUT2D eigenvalue weighted by Crippen LogP contribution is 2.19. The number of aromatic nitrogens is 1. The van der Waals surface area contributed by atoms with E-state index < -0.39 is 0 Å². The van der Waals surface area contributed by atoms with Crippen LogP contribution >= 0.6 is 11.6 Å². The number of amides is 1. The molecule has 0 aliphatic carbocycles. The van der Waals surface area contributed by atoms with E-state index in [4.69, 9.17) is 16.3 Å². The van der Waals surface area contributed by atoms with E-state index in [-0.39, 0.29) is 5.91 Å². The number of hydrogen-bond acceptors (Lipinski definition) is 4. The quantitative estimate of drug-likeness (QED) is 0.634. The first-order valence-electron chi connectivity index (χ1n) is 8.54. The number of pyridine rings is 1. The summed E-state index contributed by atoms with van der Waals surface area (Å²) in [6.07, 6.45) is 2.34. The van der Waals surface area contributed by atoms with Crippen LogP contribution in [0.1, 0.15) is 16.1 Å². The van der Waals surface area contributed by atoms with Crippen LogP contribution in [0.5, 0.6) is 5.75 Å². The molecule has 2 aromatic carbocycles. The van der Waals surface area contributed by atoms with Gasteiger partial charge in [0, 0.05) is 17.3 Å². The van der Waals surface area contributed by atoms with Gasteiger partial charge in [0.05, 0.1) is 19.0 Å². The maximum Gasteiger partial charge on any atom is 0.269 e. The SMILES string of the molecule is COc1cccc(CCNC(=O)c2ccc(Nc3cccc(Cl)c3)cn2)c1. The summed E-state index contributed by atoms with van der Waals surface area (Å²) in [6, 6.07) is 18.7. The Morgan fingerprint density at radius 3 is 2.67 bits per heavy atom. The van der Waals surface area contributed by atoms with Gasteiger partial charge in [0.2, 0.25) is 0 Å². The Hall–Kier alpha value is -3.05. The van der Waals surface area contributed by atoms with Crippen LogP contribution in [0.15, 0.2) is 66.9 Å². The standard InChI is InChI=1S/C21H20ClN3O2/c1-27-19-7-2-4-15(12-19)10-11-23-21(26)20-9-8-18(14-24-20)25-17-6-3-5-16(22)13-17/h2-9,12-14,25H,10-11H2,1H3,(H,23,26). The number of nitrogens with zero attached hydrogens (tertiary/aromatic N) is 1. The van der Waals surface area contributed by atoms with Gasteiger partial charge in [-0.15, -0.1) is 0 Å². The highest BCUT2D eigenvalue weighted by Gasteiger charge is 2.07. The molecule has 2 N–H and O–H groups in total. The first-order valence-corrected chi connectivity index (χ1v) is 8.91. The molecule has 0 saturated carbocycles. The molecule has 0 atom stereocenters. The number of carbonyl (C=O) groups excluding carboxylic acids is 1. The summed E-state index contributed by atoms with van der Waals surface area (Å²) in [4.78, 5) is 16.5. The van der Waals surface area contributed by atoms with Crippen LogP contribution < -0.4 is 15.4 Å². The molecule has 138 valence electrons. The summed E-state index contributed by atoms with van der Waals surface area (Å²) in [7, 11) is 1.64. The van der Waals surface area contributed by atoms with Crippen molar-refractivity contribution in [3.8, 4) is 5.75 Å². The highest BCUT2D eigenvalue weighted by molar-refractivity contribution is 6.30. The Balaban J connectivity index is 1.52. The van der Waals surface area contributed by atoms with Crippen LogP contribution in [-0.2, 0) is 6.42 Å². The van der Waals surface area contributed by atoms with E-state index in [1.165, 1.54) is 0 Å². The van der Waals surface area contributed by atoms with E-state index >= 15 is 0 Å². The van der Waals surface area contributed by atoms with Gasteiger partial charge in [-0.05, 0) is 54.4 Å². The lowest BCUT2D eigenvalue weighted by atomic mass is 10.1. The van der Waals surface area contributed by atoms with Gasteiger partial charge in [-0.1, -0.05) is 29.8 Å². The third-order valence-electron chi connectivity index (χ3n) is 3.94. The molecule has 1 aromatic heterocycles. The Morgan fingerprint density at radius 2 is 1.93 bits per heavy atom. The minimum absolute atomic E-state index is 0.202. The minimum Gasteiger partial charge on any atom is -0.497 e. The van der Waals surface area contributed by atoms with Gasteiger partial charge in [0.1, 0.15) is 11.4 Å². The summed E-state index contributed by atoms with van der Waals surface area (Å²) < 4.78 is 5.20. The molecule has 27 heavy (non-hydrogen) atoms. The van der Waals surface area contributed by atoms with E-state index in [2.05, 4.69) is 15.6 Å². The predicted molar refractivity (Wildman–Crippen MR) is 108 cm³/mol.